The fourth-order valence-corrected chi connectivity index (χ4v) is 5.94. The quantitative estimate of drug-likeness (QED) is 0.558. The molecule has 2 aliphatic heterocycles. The van der Waals surface area contributed by atoms with Crippen molar-refractivity contribution in [2.24, 2.45) is 0 Å². The molecule has 2 aromatic carbocycles. The summed E-state index contributed by atoms with van der Waals surface area (Å²) in [5.74, 6) is -0.408. The molecule has 1 atom stereocenters. The number of carbonyl (C=O) groups is 3. The number of nitrogens with zero attached hydrogens (tertiary/aromatic N) is 2. The predicted molar refractivity (Wildman–Crippen MR) is 146 cm³/mol. The monoisotopic (exact) mass is 518 g/mol. The molecule has 202 valence electrons. The van der Waals surface area contributed by atoms with Crippen LogP contribution in [0, 0.1) is 0 Å². The minimum atomic E-state index is -0.739. The maximum absolute atomic E-state index is 13.2. The van der Waals surface area contributed by atoms with Gasteiger partial charge < -0.3 is 25.2 Å². The van der Waals surface area contributed by atoms with Crippen LogP contribution in [0.4, 0.5) is 15.3 Å². The van der Waals surface area contributed by atoms with Crippen LogP contribution < -0.4 is 10.6 Å². The molecule has 38 heavy (non-hydrogen) atoms. The van der Waals surface area contributed by atoms with Gasteiger partial charge in [-0.25, -0.2) is 14.4 Å². The number of carbonyl (C=O) groups excluding carboxylic acids is 3. The van der Waals surface area contributed by atoms with E-state index in [9.17, 15) is 14.4 Å². The maximum Gasteiger partial charge on any atom is 0.329 e. The van der Waals surface area contributed by atoms with Crippen LogP contribution in [0.3, 0.4) is 0 Å². The average Bonchev–Trinajstić information content (AvgIpc) is 3.11. The van der Waals surface area contributed by atoms with E-state index >= 15 is 0 Å². The number of piperidine rings is 1. The first kappa shape index (κ1) is 26.1. The number of esters is 1. The van der Waals surface area contributed by atoms with Crippen molar-refractivity contribution in [2.75, 3.05) is 31.6 Å². The van der Waals surface area contributed by atoms with Gasteiger partial charge in [0.15, 0.2) is 0 Å². The van der Waals surface area contributed by atoms with Gasteiger partial charge in [0.25, 0.3) is 0 Å². The molecule has 1 fully saturated rings. The Labute approximate surface area is 224 Å². The Morgan fingerprint density at radius 2 is 1.76 bits per heavy atom. The number of aryl methyl sites for hydroxylation is 2. The lowest BCUT2D eigenvalue weighted by atomic mass is 9.89. The van der Waals surface area contributed by atoms with Crippen molar-refractivity contribution in [1.29, 1.82) is 0 Å². The van der Waals surface area contributed by atoms with E-state index in [1.54, 1.807) is 11.8 Å². The number of likely N-dealkylation sites (tertiary alicyclic amines) is 1. The highest BCUT2D eigenvalue weighted by molar-refractivity contribution is 5.91. The molecular formula is C30H38N4O4. The first-order valence-electron chi connectivity index (χ1n) is 14.0. The highest BCUT2D eigenvalue weighted by atomic mass is 16.5. The van der Waals surface area contributed by atoms with E-state index in [0.717, 1.165) is 36.1 Å². The van der Waals surface area contributed by atoms with Crippen LogP contribution in [-0.4, -0.2) is 66.2 Å². The summed E-state index contributed by atoms with van der Waals surface area (Å²) in [6, 6.07) is 13.3. The van der Waals surface area contributed by atoms with Gasteiger partial charge in [-0.15, -0.1) is 0 Å². The summed E-state index contributed by atoms with van der Waals surface area (Å²) in [6.45, 7) is 3.76. The standard InChI is InChI=1S/C30H38N4O4/c1-2-38-28(35)27(20-21-11-12-22-7-3-4-9-24(22)19-21)32-29(36)33-16-14-25(15-17-33)34-18-13-23-8-5-6-10-26(23)31-30(34)37/h5-6,8,10-12,19,25,27H,2-4,7,9,13-18,20H2,1H3,(H,31,37)(H,32,36)/t27-/m1/s1. The van der Waals surface area contributed by atoms with E-state index in [0.29, 0.717) is 38.9 Å². The molecule has 2 heterocycles. The first-order valence-corrected chi connectivity index (χ1v) is 14.0. The van der Waals surface area contributed by atoms with Crippen LogP contribution >= 0.6 is 0 Å². The summed E-state index contributed by atoms with van der Waals surface area (Å²) >= 11 is 0. The number of hydrogen-bond donors (Lipinski definition) is 2. The van der Waals surface area contributed by atoms with E-state index in [4.69, 9.17) is 4.74 Å². The number of para-hydroxylation sites is 1. The number of anilines is 1. The summed E-state index contributed by atoms with van der Waals surface area (Å²) < 4.78 is 5.30. The number of ether oxygens (including phenoxy) is 1. The summed E-state index contributed by atoms with van der Waals surface area (Å²) in [5, 5.41) is 5.98. The van der Waals surface area contributed by atoms with E-state index in [-0.39, 0.29) is 24.7 Å². The number of hydrogen-bond acceptors (Lipinski definition) is 4. The maximum atomic E-state index is 13.2. The van der Waals surface area contributed by atoms with Gasteiger partial charge in [-0.1, -0.05) is 36.4 Å². The lowest BCUT2D eigenvalue weighted by molar-refractivity contribution is -0.145. The number of urea groups is 2. The van der Waals surface area contributed by atoms with Crippen molar-refractivity contribution in [3.63, 3.8) is 0 Å². The smallest absolute Gasteiger partial charge is 0.329 e. The molecule has 4 amide bonds. The van der Waals surface area contributed by atoms with Gasteiger partial charge in [-0.2, -0.15) is 0 Å². The molecular weight excluding hydrogens is 480 g/mol. The number of rotatable bonds is 6. The van der Waals surface area contributed by atoms with Crippen LogP contribution in [0.1, 0.15) is 54.9 Å². The fourth-order valence-electron chi connectivity index (χ4n) is 5.94. The molecule has 2 N–H and O–H groups in total. The zero-order valence-corrected chi connectivity index (χ0v) is 22.2. The molecule has 0 saturated carbocycles. The topological polar surface area (TPSA) is 91.0 Å². The van der Waals surface area contributed by atoms with Gasteiger partial charge in [0.2, 0.25) is 0 Å². The van der Waals surface area contributed by atoms with E-state index in [1.807, 2.05) is 23.1 Å². The van der Waals surface area contributed by atoms with Crippen LogP contribution in [-0.2, 0) is 35.2 Å². The highest BCUT2D eigenvalue weighted by Gasteiger charge is 2.33. The Kier molecular flexibility index (Phi) is 8.15. The Bertz CT molecular complexity index is 1170. The number of fused-ring (bicyclic) bond motifs is 2. The zero-order valence-electron chi connectivity index (χ0n) is 22.2. The Morgan fingerprint density at radius 1 is 1.00 bits per heavy atom. The molecule has 0 aromatic heterocycles. The van der Waals surface area contributed by atoms with Gasteiger partial charge in [-0.05, 0) is 80.2 Å². The van der Waals surface area contributed by atoms with Crippen molar-refractivity contribution >= 4 is 23.7 Å². The summed E-state index contributed by atoms with van der Waals surface area (Å²) in [7, 11) is 0. The normalized spacial score (nSPS) is 18.5. The second-order valence-corrected chi connectivity index (χ2v) is 10.5. The third kappa shape index (κ3) is 5.95. The average molecular weight is 519 g/mol. The molecule has 0 bridgehead atoms. The minimum absolute atomic E-state index is 0.0738. The number of benzene rings is 2. The van der Waals surface area contributed by atoms with Crippen molar-refractivity contribution < 1.29 is 19.1 Å². The van der Waals surface area contributed by atoms with Crippen molar-refractivity contribution in [2.45, 2.75) is 70.4 Å². The fraction of sp³-hybridized carbons (Fsp3) is 0.500. The van der Waals surface area contributed by atoms with E-state index < -0.39 is 12.0 Å². The predicted octanol–water partition coefficient (Wildman–Crippen LogP) is 4.30. The van der Waals surface area contributed by atoms with Gasteiger partial charge in [0.05, 0.1) is 6.61 Å². The van der Waals surface area contributed by atoms with Crippen LogP contribution in [0.5, 0.6) is 0 Å². The second kappa shape index (κ2) is 11.9. The molecule has 8 heteroatoms. The van der Waals surface area contributed by atoms with Crippen LogP contribution in [0.2, 0.25) is 0 Å². The van der Waals surface area contributed by atoms with E-state index in [1.165, 1.54) is 24.0 Å². The Morgan fingerprint density at radius 3 is 2.55 bits per heavy atom. The largest absolute Gasteiger partial charge is 0.464 e. The lowest BCUT2D eigenvalue weighted by Crippen LogP contribution is -2.54. The Balaban J connectivity index is 1.18. The molecule has 3 aliphatic rings. The van der Waals surface area contributed by atoms with Crippen molar-refractivity contribution in [3.05, 3.63) is 64.7 Å². The molecule has 1 aliphatic carbocycles. The van der Waals surface area contributed by atoms with Crippen molar-refractivity contribution in [1.82, 2.24) is 15.1 Å². The molecule has 1 saturated heterocycles. The molecule has 0 unspecified atom stereocenters. The SMILES string of the molecule is CCOC(=O)[C@@H](Cc1ccc2c(c1)CCCC2)NC(=O)N1CCC(N2CCc3ccccc3NC2=O)CC1. The minimum Gasteiger partial charge on any atom is -0.464 e. The van der Waals surface area contributed by atoms with Crippen molar-refractivity contribution in [3.8, 4) is 0 Å². The molecule has 0 radical (unpaired) electrons. The number of amides is 4. The Hall–Kier alpha value is -3.55. The third-order valence-corrected chi connectivity index (χ3v) is 8.06. The lowest BCUT2D eigenvalue weighted by Gasteiger charge is -2.38. The van der Waals surface area contributed by atoms with Gasteiger partial charge in [0, 0.05) is 37.8 Å². The molecule has 0 spiro atoms. The summed E-state index contributed by atoms with van der Waals surface area (Å²) in [6.07, 6.45) is 7.20. The summed E-state index contributed by atoms with van der Waals surface area (Å²) in [4.78, 5) is 42.5. The second-order valence-electron chi connectivity index (χ2n) is 10.5. The molecule has 8 nitrogen and oxygen atoms in total. The molecule has 5 rings (SSSR count). The van der Waals surface area contributed by atoms with Gasteiger partial charge >= 0.3 is 18.0 Å². The summed E-state index contributed by atoms with van der Waals surface area (Å²) in [5.41, 5.74) is 5.80. The third-order valence-electron chi connectivity index (χ3n) is 8.06. The van der Waals surface area contributed by atoms with Gasteiger partial charge in [-0.3, -0.25) is 0 Å². The first-order chi connectivity index (χ1) is 18.5. The molecule has 2 aromatic rings. The van der Waals surface area contributed by atoms with Crippen LogP contribution in [0.15, 0.2) is 42.5 Å². The van der Waals surface area contributed by atoms with Gasteiger partial charge in [0.1, 0.15) is 6.04 Å². The van der Waals surface area contributed by atoms with Crippen LogP contribution in [0.25, 0.3) is 0 Å². The highest BCUT2D eigenvalue weighted by Crippen LogP contribution is 2.25. The number of nitrogens with one attached hydrogen (secondary N) is 2. The zero-order chi connectivity index (χ0) is 26.5. The van der Waals surface area contributed by atoms with E-state index in [2.05, 4.69) is 34.9 Å².